The minimum atomic E-state index is -0.770. The zero-order chi connectivity index (χ0) is 24.2. The first kappa shape index (κ1) is 23.2. The van der Waals surface area contributed by atoms with Gasteiger partial charge in [-0.25, -0.2) is 0 Å². The lowest BCUT2D eigenvalue weighted by atomic mass is 9.99. The summed E-state index contributed by atoms with van der Waals surface area (Å²) in [6.07, 6.45) is 1.90. The van der Waals surface area contributed by atoms with Crippen LogP contribution in [0.3, 0.4) is 0 Å². The molecule has 34 heavy (non-hydrogen) atoms. The van der Waals surface area contributed by atoms with Crippen molar-refractivity contribution >= 4 is 18.0 Å². The van der Waals surface area contributed by atoms with Crippen LogP contribution >= 0.6 is 0 Å². The molecule has 2 N–H and O–H groups in total. The standard InChI is InChI=1S/C28H29N3O3/c1-18(2)21-11-7-20(8-12-21)17-31-26(22-13-15-24(34-4)16-14-22)25(28(33)30-31)29-27(32)23-9-5-19(3)6-10-23/h5-18,25-26H,1-4H3,(H-,29,30,32,33)/p+1/b31-17-/t25-,26-/m0/s1. The Hall–Kier alpha value is -3.93. The van der Waals surface area contributed by atoms with Gasteiger partial charge in [0.15, 0.2) is 6.04 Å². The summed E-state index contributed by atoms with van der Waals surface area (Å²) >= 11 is 0. The van der Waals surface area contributed by atoms with E-state index in [1.165, 1.54) is 5.56 Å². The quantitative estimate of drug-likeness (QED) is 0.548. The molecule has 3 aromatic rings. The fourth-order valence-corrected chi connectivity index (χ4v) is 4.04. The van der Waals surface area contributed by atoms with Crippen LogP contribution in [0.2, 0.25) is 0 Å². The molecule has 2 atom stereocenters. The van der Waals surface area contributed by atoms with E-state index in [9.17, 15) is 9.59 Å². The van der Waals surface area contributed by atoms with Gasteiger partial charge in [-0.15, -0.1) is 10.1 Å². The summed E-state index contributed by atoms with van der Waals surface area (Å²) in [6.45, 7) is 6.27. The number of aryl methyl sites for hydroxylation is 1. The molecule has 0 radical (unpaired) electrons. The summed E-state index contributed by atoms with van der Waals surface area (Å²) in [7, 11) is 1.61. The fraction of sp³-hybridized carbons (Fsp3) is 0.250. The number of methoxy groups -OCH3 is 1. The van der Waals surface area contributed by atoms with Gasteiger partial charge in [-0.2, -0.15) is 0 Å². The fourth-order valence-electron chi connectivity index (χ4n) is 4.04. The molecule has 0 bridgehead atoms. The first-order chi connectivity index (χ1) is 16.4. The molecule has 1 fully saturated rings. The van der Waals surface area contributed by atoms with Crippen molar-refractivity contribution < 1.29 is 19.0 Å². The van der Waals surface area contributed by atoms with E-state index in [-0.39, 0.29) is 11.8 Å². The van der Waals surface area contributed by atoms with Crippen LogP contribution in [0.1, 0.15) is 58.4 Å². The minimum absolute atomic E-state index is 0.267. The Bertz CT molecular complexity index is 1200. The van der Waals surface area contributed by atoms with Crippen molar-refractivity contribution in [3.05, 3.63) is 101 Å². The highest BCUT2D eigenvalue weighted by molar-refractivity contribution is 5.98. The van der Waals surface area contributed by atoms with Crippen LogP contribution in [0, 0.1) is 6.92 Å². The molecule has 6 heteroatoms. The maximum absolute atomic E-state index is 13.0. The molecule has 174 valence electrons. The molecule has 0 aromatic heterocycles. The van der Waals surface area contributed by atoms with Gasteiger partial charge in [0, 0.05) is 16.7 Å². The number of nitrogens with one attached hydrogen (secondary N) is 2. The lowest BCUT2D eigenvalue weighted by Crippen LogP contribution is -2.42. The molecule has 1 aliphatic rings. The first-order valence-electron chi connectivity index (χ1n) is 11.4. The van der Waals surface area contributed by atoms with Crippen LogP contribution in [0.5, 0.6) is 5.75 Å². The Morgan fingerprint density at radius 2 is 1.65 bits per heavy atom. The third-order valence-corrected chi connectivity index (χ3v) is 6.09. The van der Waals surface area contributed by atoms with Crippen LogP contribution in [-0.2, 0) is 4.79 Å². The highest BCUT2D eigenvalue weighted by Gasteiger charge is 2.47. The van der Waals surface area contributed by atoms with Crippen molar-refractivity contribution in [2.24, 2.45) is 0 Å². The van der Waals surface area contributed by atoms with E-state index >= 15 is 0 Å². The number of ether oxygens (including phenoxy) is 1. The second kappa shape index (κ2) is 9.91. The largest absolute Gasteiger partial charge is 0.497 e. The maximum atomic E-state index is 13.0. The normalized spacial score (nSPS) is 18.7. The van der Waals surface area contributed by atoms with Gasteiger partial charge in [-0.1, -0.05) is 43.7 Å². The molecular formula is C28H30N3O3+. The predicted molar refractivity (Wildman–Crippen MR) is 132 cm³/mol. The second-order valence-corrected chi connectivity index (χ2v) is 8.87. The summed E-state index contributed by atoms with van der Waals surface area (Å²) in [4.78, 5) is 26.0. The summed E-state index contributed by atoms with van der Waals surface area (Å²) in [6, 6.07) is 21.9. The Balaban J connectivity index is 1.68. The van der Waals surface area contributed by atoms with Gasteiger partial charge >= 0.3 is 5.91 Å². The van der Waals surface area contributed by atoms with Crippen LogP contribution in [0.15, 0.2) is 72.8 Å². The van der Waals surface area contributed by atoms with E-state index in [2.05, 4.69) is 36.7 Å². The molecule has 0 spiro atoms. The van der Waals surface area contributed by atoms with Gasteiger partial charge in [0.05, 0.1) is 7.11 Å². The van der Waals surface area contributed by atoms with E-state index in [4.69, 9.17) is 4.74 Å². The Kier molecular flexibility index (Phi) is 6.77. The maximum Gasteiger partial charge on any atom is 0.304 e. The molecule has 3 aromatic carbocycles. The van der Waals surface area contributed by atoms with Gasteiger partial charge in [-0.05, 0) is 66.9 Å². The molecule has 1 saturated heterocycles. The lowest BCUT2D eigenvalue weighted by Gasteiger charge is -2.15. The van der Waals surface area contributed by atoms with E-state index in [1.807, 2.05) is 61.7 Å². The van der Waals surface area contributed by atoms with Gasteiger partial charge in [0.2, 0.25) is 12.3 Å². The molecule has 6 nitrogen and oxygen atoms in total. The zero-order valence-electron chi connectivity index (χ0n) is 19.9. The van der Waals surface area contributed by atoms with Crippen molar-refractivity contribution in [2.75, 3.05) is 7.11 Å². The minimum Gasteiger partial charge on any atom is -0.497 e. The number of hydrazine groups is 1. The van der Waals surface area contributed by atoms with Gasteiger partial charge in [0.1, 0.15) is 5.75 Å². The van der Waals surface area contributed by atoms with Crippen molar-refractivity contribution in [3.8, 4) is 5.75 Å². The number of carbonyl (C=O) groups excluding carboxylic acids is 2. The number of rotatable bonds is 6. The Morgan fingerprint density at radius 1 is 1.00 bits per heavy atom. The van der Waals surface area contributed by atoms with Crippen LogP contribution in [0.4, 0.5) is 0 Å². The predicted octanol–water partition coefficient (Wildman–Crippen LogP) is 4.14. The SMILES string of the molecule is COc1ccc([C@H]2[C@H](NC(=O)c3ccc(C)cc3)C(=O)N/[N+]2=C\c2ccc(C(C)C)cc2)cc1. The van der Waals surface area contributed by atoms with E-state index in [0.29, 0.717) is 11.5 Å². The third-order valence-electron chi connectivity index (χ3n) is 6.09. The number of benzene rings is 3. The molecule has 0 unspecified atom stereocenters. The van der Waals surface area contributed by atoms with Crippen molar-refractivity contribution in [2.45, 2.75) is 38.8 Å². The number of amides is 2. The molecule has 2 amide bonds. The molecular weight excluding hydrogens is 426 g/mol. The summed E-state index contributed by atoms with van der Waals surface area (Å²) in [5.74, 6) is 0.605. The molecule has 1 heterocycles. The van der Waals surface area contributed by atoms with E-state index in [1.54, 1.807) is 23.9 Å². The molecule has 1 aliphatic heterocycles. The topological polar surface area (TPSA) is 70.4 Å². The van der Waals surface area contributed by atoms with Crippen molar-refractivity contribution in [3.63, 3.8) is 0 Å². The summed E-state index contributed by atoms with van der Waals surface area (Å²) in [5, 5.41) is 2.94. The highest BCUT2D eigenvalue weighted by atomic mass is 16.5. The number of nitrogens with zero attached hydrogens (tertiary/aromatic N) is 1. The monoisotopic (exact) mass is 456 g/mol. The lowest BCUT2D eigenvalue weighted by molar-refractivity contribution is -0.596. The van der Waals surface area contributed by atoms with Gasteiger partial charge < -0.3 is 10.1 Å². The zero-order valence-corrected chi connectivity index (χ0v) is 19.9. The average Bonchev–Trinajstić information content (AvgIpc) is 3.14. The van der Waals surface area contributed by atoms with Crippen molar-refractivity contribution in [1.29, 1.82) is 0 Å². The molecule has 0 saturated carbocycles. The first-order valence-corrected chi connectivity index (χ1v) is 11.4. The average molecular weight is 457 g/mol. The number of hydrogen-bond donors (Lipinski definition) is 2. The number of carbonyl (C=O) groups is 2. The second-order valence-electron chi connectivity index (χ2n) is 8.87. The van der Waals surface area contributed by atoms with Gasteiger partial charge in [-0.3, -0.25) is 9.59 Å². The van der Waals surface area contributed by atoms with Crippen molar-refractivity contribution in [1.82, 2.24) is 10.7 Å². The van der Waals surface area contributed by atoms with Crippen LogP contribution in [0.25, 0.3) is 0 Å². The Labute approximate surface area is 200 Å². The highest BCUT2D eigenvalue weighted by Crippen LogP contribution is 2.27. The van der Waals surface area contributed by atoms with Crippen LogP contribution < -0.4 is 15.5 Å². The van der Waals surface area contributed by atoms with Gasteiger partial charge in [0.25, 0.3) is 5.91 Å². The number of hydrazone groups is 1. The van der Waals surface area contributed by atoms with E-state index < -0.39 is 12.1 Å². The Morgan fingerprint density at radius 3 is 2.24 bits per heavy atom. The summed E-state index contributed by atoms with van der Waals surface area (Å²) in [5.41, 5.74) is 7.58. The third kappa shape index (κ3) is 5.01. The van der Waals surface area contributed by atoms with Crippen LogP contribution in [-0.4, -0.2) is 35.9 Å². The smallest absolute Gasteiger partial charge is 0.304 e. The molecule has 0 aliphatic carbocycles. The van der Waals surface area contributed by atoms with E-state index in [0.717, 1.165) is 22.4 Å². The summed E-state index contributed by atoms with van der Waals surface area (Å²) < 4.78 is 7.06. The number of hydrogen-bond acceptors (Lipinski definition) is 3. The molecule has 4 rings (SSSR count).